The molecule has 0 aliphatic heterocycles. The van der Waals surface area contributed by atoms with Crippen molar-refractivity contribution in [1.29, 1.82) is 0 Å². The lowest BCUT2D eigenvalue weighted by molar-refractivity contribution is 0.0694. The third-order valence-corrected chi connectivity index (χ3v) is 4.57. The summed E-state index contributed by atoms with van der Waals surface area (Å²) in [6, 6.07) is 10.6. The van der Waals surface area contributed by atoms with Crippen LogP contribution < -0.4 is 4.72 Å². The number of anilines is 1. The molecule has 116 valence electrons. The smallest absolute Gasteiger partial charge is 0.339 e. The molecule has 22 heavy (non-hydrogen) atoms. The molecule has 2 aromatic rings. The molecule has 2 rings (SSSR count). The SMILES string of the molecule is O=C(O)c1cccc(NS(=O)(=O)Cc2ccc(Br)cc2)c1O. The number of aromatic carboxylic acids is 1. The van der Waals surface area contributed by atoms with Crippen LogP contribution in [0.4, 0.5) is 5.69 Å². The number of nitrogens with one attached hydrogen (secondary N) is 1. The highest BCUT2D eigenvalue weighted by atomic mass is 79.9. The van der Waals surface area contributed by atoms with Crippen molar-refractivity contribution in [3.63, 3.8) is 0 Å². The largest absolute Gasteiger partial charge is 0.505 e. The van der Waals surface area contributed by atoms with E-state index in [2.05, 4.69) is 20.7 Å². The molecular weight excluding hydrogens is 374 g/mol. The quantitative estimate of drug-likeness (QED) is 0.686. The van der Waals surface area contributed by atoms with E-state index in [0.717, 1.165) is 4.47 Å². The van der Waals surface area contributed by atoms with Crippen molar-refractivity contribution in [1.82, 2.24) is 0 Å². The Hall–Kier alpha value is -2.06. The van der Waals surface area contributed by atoms with Crippen LogP contribution in [0.2, 0.25) is 0 Å². The molecule has 0 unspecified atom stereocenters. The van der Waals surface area contributed by atoms with Gasteiger partial charge in [-0.2, -0.15) is 0 Å². The molecule has 2 aromatic carbocycles. The van der Waals surface area contributed by atoms with E-state index in [1.807, 2.05) is 0 Å². The molecule has 0 aliphatic rings. The van der Waals surface area contributed by atoms with Gasteiger partial charge in [0, 0.05) is 4.47 Å². The number of benzene rings is 2. The van der Waals surface area contributed by atoms with E-state index in [1.165, 1.54) is 18.2 Å². The third-order valence-electron chi connectivity index (χ3n) is 2.80. The molecule has 8 heteroatoms. The minimum atomic E-state index is -3.78. The standard InChI is InChI=1S/C14H12BrNO5S/c15-10-6-4-9(5-7-10)8-22(20,21)16-12-3-1-2-11(13(12)17)14(18)19/h1-7,16-17H,8H2,(H,18,19). The molecule has 0 fully saturated rings. The second kappa shape index (κ2) is 6.37. The molecule has 0 spiro atoms. The Morgan fingerprint density at radius 1 is 1.14 bits per heavy atom. The first-order valence-corrected chi connectivity index (χ1v) is 8.53. The molecule has 0 radical (unpaired) electrons. The summed E-state index contributed by atoms with van der Waals surface area (Å²) in [5, 5.41) is 18.7. The van der Waals surface area contributed by atoms with Gasteiger partial charge in [-0.05, 0) is 29.8 Å². The Kier molecular flexibility index (Phi) is 4.72. The van der Waals surface area contributed by atoms with Crippen LogP contribution in [0.3, 0.4) is 0 Å². The number of carbonyl (C=O) groups is 1. The van der Waals surface area contributed by atoms with Crippen molar-refractivity contribution >= 4 is 37.6 Å². The van der Waals surface area contributed by atoms with Crippen LogP contribution in [0.5, 0.6) is 5.75 Å². The number of carboxylic acid groups (broad SMARTS) is 1. The Labute approximate surface area is 135 Å². The summed E-state index contributed by atoms with van der Waals surface area (Å²) in [7, 11) is -3.78. The summed E-state index contributed by atoms with van der Waals surface area (Å²) in [5.41, 5.74) is 0.0189. The molecule has 0 aromatic heterocycles. The topological polar surface area (TPSA) is 104 Å². The Balaban J connectivity index is 2.24. The molecule has 0 bridgehead atoms. The van der Waals surface area contributed by atoms with Gasteiger partial charge in [-0.15, -0.1) is 0 Å². The van der Waals surface area contributed by atoms with Crippen molar-refractivity contribution in [3.8, 4) is 5.75 Å². The fraction of sp³-hybridized carbons (Fsp3) is 0.0714. The summed E-state index contributed by atoms with van der Waals surface area (Å²) in [5.74, 6) is -2.25. The molecule has 0 saturated heterocycles. The first-order valence-electron chi connectivity index (χ1n) is 6.09. The van der Waals surface area contributed by atoms with Gasteiger partial charge >= 0.3 is 5.97 Å². The summed E-state index contributed by atoms with van der Waals surface area (Å²) in [6.07, 6.45) is 0. The van der Waals surface area contributed by atoms with Crippen LogP contribution in [-0.2, 0) is 15.8 Å². The van der Waals surface area contributed by atoms with Crippen molar-refractivity contribution in [2.45, 2.75) is 5.75 Å². The van der Waals surface area contributed by atoms with Gasteiger partial charge in [-0.1, -0.05) is 34.1 Å². The molecule has 0 atom stereocenters. The number of hydrogen-bond donors (Lipinski definition) is 3. The zero-order chi connectivity index (χ0) is 16.3. The maximum absolute atomic E-state index is 12.1. The lowest BCUT2D eigenvalue weighted by Gasteiger charge is -2.11. The number of aromatic hydroxyl groups is 1. The van der Waals surface area contributed by atoms with Gasteiger partial charge in [0.25, 0.3) is 0 Å². The average Bonchev–Trinajstić information content (AvgIpc) is 2.43. The van der Waals surface area contributed by atoms with Crippen LogP contribution >= 0.6 is 15.9 Å². The Morgan fingerprint density at radius 3 is 2.36 bits per heavy atom. The fourth-order valence-corrected chi connectivity index (χ4v) is 3.27. The van der Waals surface area contributed by atoms with Gasteiger partial charge in [-0.3, -0.25) is 4.72 Å². The highest BCUT2D eigenvalue weighted by molar-refractivity contribution is 9.10. The summed E-state index contributed by atoms with van der Waals surface area (Å²) >= 11 is 3.26. The predicted octanol–water partition coefficient (Wildman–Crippen LogP) is 2.79. The number of phenols is 1. The monoisotopic (exact) mass is 385 g/mol. The predicted molar refractivity (Wildman–Crippen MR) is 85.5 cm³/mol. The Bertz CT molecular complexity index is 802. The molecular formula is C14H12BrNO5S. The van der Waals surface area contributed by atoms with E-state index in [0.29, 0.717) is 5.56 Å². The van der Waals surface area contributed by atoms with Crippen molar-refractivity contribution in [2.75, 3.05) is 4.72 Å². The highest BCUT2D eigenvalue weighted by Gasteiger charge is 2.18. The first-order chi connectivity index (χ1) is 10.3. The van der Waals surface area contributed by atoms with Crippen LogP contribution in [0.25, 0.3) is 0 Å². The number of rotatable bonds is 5. The average molecular weight is 386 g/mol. The van der Waals surface area contributed by atoms with Crippen molar-refractivity contribution in [2.24, 2.45) is 0 Å². The van der Waals surface area contributed by atoms with Crippen LogP contribution in [0.1, 0.15) is 15.9 Å². The van der Waals surface area contributed by atoms with E-state index < -0.39 is 21.7 Å². The van der Waals surface area contributed by atoms with Gasteiger partial charge in [-0.25, -0.2) is 13.2 Å². The zero-order valence-corrected chi connectivity index (χ0v) is 13.6. The number of carboxylic acids is 1. The summed E-state index contributed by atoms with van der Waals surface area (Å²) in [4.78, 5) is 10.9. The second-order valence-corrected chi connectivity index (χ2v) is 7.13. The number of hydrogen-bond acceptors (Lipinski definition) is 4. The zero-order valence-electron chi connectivity index (χ0n) is 11.2. The lowest BCUT2D eigenvalue weighted by atomic mass is 10.2. The molecule has 6 nitrogen and oxygen atoms in total. The van der Waals surface area contributed by atoms with E-state index in [1.54, 1.807) is 24.3 Å². The number of halogens is 1. The number of sulfonamides is 1. The van der Waals surface area contributed by atoms with Crippen molar-refractivity contribution in [3.05, 3.63) is 58.1 Å². The van der Waals surface area contributed by atoms with Gasteiger partial charge in [0.05, 0.1) is 11.4 Å². The molecule has 0 saturated carbocycles. The first kappa shape index (κ1) is 16.3. The maximum Gasteiger partial charge on any atom is 0.339 e. The molecule has 0 heterocycles. The fourth-order valence-electron chi connectivity index (χ4n) is 1.80. The summed E-state index contributed by atoms with van der Waals surface area (Å²) in [6.45, 7) is 0. The highest BCUT2D eigenvalue weighted by Crippen LogP contribution is 2.28. The molecule has 0 amide bonds. The van der Waals surface area contributed by atoms with Gasteiger partial charge in [0.15, 0.2) is 5.75 Å². The van der Waals surface area contributed by atoms with E-state index in [4.69, 9.17) is 5.11 Å². The van der Waals surface area contributed by atoms with Crippen LogP contribution in [-0.4, -0.2) is 24.6 Å². The van der Waals surface area contributed by atoms with E-state index in [-0.39, 0.29) is 17.0 Å². The minimum Gasteiger partial charge on any atom is -0.505 e. The minimum absolute atomic E-state index is 0.169. The van der Waals surface area contributed by atoms with E-state index in [9.17, 15) is 18.3 Å². The van der Waals surface area contributed by atoms with Crippen molar-refractivity contribution < 1.29 is 23.4 Å². The second-order valence-electron chi connectivity index (χ2n) is 4.49. The van der Waals surface area contributed by atoms with Gasteiger partial charge < -0.3 is 10.2 Å². The number of para-hydroxylation sites is 1. The molecule has 3 N–H and O–H groups in total. The van der Waals surface area contributed by atoms with E-state index >= 15 is 0 Å². The van der Waals surface area contributed by atoms with Crippen LogP contribution in [0, 0.1) is 0 Å². The maximum atomic E-state index is 12.1. The summed E-state index contributed by atoms with van der Waals surface area (Å²) < 4.78 is 27.2. The van der Waals surface area contributed by atoms with Crippen LogP contribution in [0.15, 0.2) is 46.9 Å². The molecule has 0 aliphatic carbocycles. The third kappa shape index (κ3) is 3.99. The Morgan fingerprint density at radius 2 is 1.77 bits per heavy atom. The lowest BCUT2D eigenvalue weighted by Crippen LogP contribution is -2.15. The van der Waals surface area contributed by atoms with Gasteiger partial charge in [0.2, 0.25) is 10.0 Å². The van der Waals surface area contributed by atoms with Gasteiger partial charge in [0.1, 0.15) is 5.56 Å². The normalized spacial score (nSPS) is 11.1.